The van der Waals surface area contributed by atoms with Crippen LogP contribution in [0.4, 0.5) is 5.69 Å². The second-order valence-electron chi connectivity index (χ2n) is 5.39. The third-order valence-corrected chi connectivity index (χ3v) is 3.29. The summed E-state index contributed by atoms with van der Waals surface area (Å²) < 4.78 is 5.74. The van der Waals surface area contributed by atoms with Gasteiger partial charge in [0, 0.05) is 10.7 Å². The van der Waals surface area contributed by atoms with Crippen molar-refractivity contribution in [1.29, 1.82) is 0 Å². The molecule has 0 aliphatic heterocycles. The van der Waals surface area contributed by atoms with Crippen LogP contribution in [0.3, 0.4) is 0 Å². The second-order valence-corrected chi connectivity index (χ2v) is 5.82. The van der Waals surface area contributed by atoms with Gasteiger partial charge in [0.05, 0.1) is 0 Å². The Morgan fingerprint density at radius 1 is 1.05 bits per heavy atom. The quantitative estimate of drug-likeness (QED) is 0.906. The first-order valence-corrected chi connectivity index (χ1v) is 7.07. The summed E-state index contributed by atoms with van der Waals surface area (Å²) in [6.45, 7) is 5.45. The molecule has 0 bridgehead atoms. The number of amides is 1. The molecule has 1 amide bonds. The second kappa shape index (κ2) is 6.19. The molecule has 0 atom stereocenters. The average molecular weight is 304 g/mol. The highest BCUT2D eigenvalue weighted by Crippen LogP contribution is 2.22. The van der Waals surface area contributed by atoms with Gasteiger partial charge < -0.3 is 10.1 Å². The van der Waals surface area contributed by atoms with E-state index in [9.17, 15) is 4.79 Å². The maximum Gasteiger partial charge on any atom is 0.267 e. The normalized spacial score (nSPS) is 11.0. The van der Waals surface area contributed by atoms with Crippen LogP contribution in [0.5, 0.6) is 5.75 Å². The molecule has 3 nitrogen and oxygen atoms in total. The molecule has 2 aromatic rings. The number of halogens is 1. The topological polar surface area (TPSA) is 38.3 Å². The lowest BCUT2D eigenvalue weighted by Gasteiger charge is -2.25. The summed E-state index contributed by atoms with van der Waals surface area (Å²) in [5, 5.41) is 3.48. The maximum absolute atomic E-state index is 12.3. The van der Waals surface area contributed by atoms with E-state index in [0.29, 0.717) is 10.8 Å². The first-order chi connectivity index (χ1) is 9.87. The SMILES string of the molecule is Cc1ccc(NC(=O)C(C)(C)Oc2ccc(Cl)cc2)cc1. The molecule has 0 aliphatic rings. The van der Waals surface area contributed by atoms with Crippen molar-refractivity contribution in [1.82, 2.24) is 0 Å². The van der Waals surface area contributed by atoms with Crippen molar-refractivity contribution in [3.8, 4) is 5.75 Å². The highest BCUT2D eigenvalue weighted by atomic mass is 35.5. The Labute approximate surface area is 129 Å². The van der Waals surface area contributed by atoms with Gasteiger partial charge in [-0.2, -0.15) is 0 Å². The van der Waals surface area contributed by atoms with Crippen molar-refractivity contribution >= 4 is 23.2 Å². The fraction of sp³-hybridized carbons (Fsp3) is 0.235. The van der Waals surface area contributed by atoms with Gasteiger partial charge in [-0.05, 0) is 57.2 Å². The van der Waals surface area contributed by atoms with Gasteiger partial charge in [-0.3, -0.25) is 4.79 Å². The molecule has 0 radical (unpaired) electrons. The van der Waals surface area contributed by atoms with Gasteiger partial charge >= 0.3 is 0 Å². The third kappa shape index (κ3) is 4.23. The van der Waals surface area contributed by atoms with E-state index in [1.54, 1.807) is 38.1 Å². The number of nitrogens with one attached hydrogen (secondary N) is 1. The number of hydrogen-bond donors (Lipinski definition) is 1. The first-order valence-electron chi connectivity index (χ1n) is 6.69. The molecule has 0 saturated heterocycles. The molecule has 0 aromatic heterocycles. The van der Waals surface area contributed by atoms with Crippen LogP contribution in [-0.2, 0) is 4.79 Å². The Hall–Kier alpha value is -2.00. The summed E-state index contributed by atoms with van der Waals surface area (Å²) in [7, 11) is 0. The van der Waals surface area contributed by atoms with Gasteiger partial charge in [-0.25, -0.2) is 0 Å². The number of benzene rings is 2. The summed E-state index contributed by atoms with van der Waals surface area (Å²) in [6.07, 6.45) is 0. The Morgan fingerprint density at radius 2 is 1.62 bits per heavy atom. The van der Waals surface area contributed by atoms with Gasteiger partial charge in [0.15, 0.2) is 5.60 Å². The molecule has 110 valence electrons. The fourth-order valence-corrected chi connectivity index (χ4v) is 1.89. The Morgan fingerprint density at radius 3 is 2.19 bits per heavy atom. The number of carbonyl (C=O) groups is 1. The molecule has 0 aliphatic carbocycles. The van der Waals surface area contributed by atoms with Crippen molar-refractivity contribution < 1.29 is 9.53 Å². The monoisotopic (exact) mass is 303 g/mol. The molecular formula is C17H18ClNO2. The molecule has 4 heteroatoms. The number of ether oxygens (including phenoxy) is 1. The van der Waals surface area contributed by atoms with E-state index in [1.165, 1.54) is 0 Å². The fourth-order valence-electron chi connectivity index (χ4n) is 1.76. The van der Waals surface area contributed by atoms with E-state index in [4.69, 9.17) is 16.3 Å². The van der Waals surface area contributed by atoms with Crippen LogP contribution in [0.15, 0.2) is 48.5 Å². The standard InChI is InChI=1S/C17H18ClNO2/c1-12-4-8-14(9-5-12)19-16(20)17(2,3)21-15-10-6-13(18)7-11-15/h4-11H,1-3H3,(H,19,20). The Bertz CT molecular complexity index is 618. The third-order valence-electron chi connectivity index (χ3n) is 3.04. The lowest BCUT2D eigenvalue weighted by molar-refractivity contribution is -0.128. The van der Waals surface area contributed by atoms with Gasteiger partial charge in [-0.15, -0.1) is 0 Å². The number of hydrogen-bond acceptors (Lipinski definition) is 2. The summed E-state index contributed by atoms with van der Waals surface area (Å²) in [6, 6.07) is 14.6. The van der Waals surface area contributed by atoms with Crippen LogP contribution in [0, 0.1) is 6.92 Å². The zero-order valence-corrected chi connectivity index (χ0v) is 13.1. The van der Waals surface area contributed by atoms with Crippen LogP contribution in [-0.4, -0.2) is 11.5 Å². The van der Waals surface area contributed by atoms with E-state index in [-0.39, 0.29) is 5.91 Å². The first kappa shape index (κ1) is 15.4. The number of aryl methyl sites for hydroxylation is 1. The highest BCUT2D eigenvalue weighted by molar-refractivity contribution is 6.30. The predicted molar refractivity (Wildman–Crippen MR) is 86.0 cm³/mol. The summed E-state index contributed by atoms with van der Waals surface area (Å²) >= 11 is 5.83. The van der Waals surface area contributed by atoms with Crippen LogP contribution < -0.4 is 10.1 Å². The average Bonchev–Trinajstić information content (AvgIpc) is 2.43. The zero-order chi connectivity index (χ0) is 15.5. The van der Waals surface area contributed by atoms with Crippen molar-refractivity contribution in [2.45, 2.75) is 26.4 Å². The molecule has 1 N–H and O–H groups in total. The lowest BCUT2D eigenvalue weighted by atomic mass is 10.1. The molecule has 0 saturated carbocycles. The molecule has 2 aromatic carbocycles. The van der Waals surface area contributed by atoms with E-state index in [0.717, 1.165) is 11.3 Å². The lowest BCUT2D eigenvalue weighted by Crippen LogP contribution is -2.42. The largest absolute Gasteiger partial charge is 0.478 e. The zero-order valence-electron chi connectivity index (χ0n) is 12.3. The van der Waals surface area contributed by atoms with Gasteiger partial charge in [0.25, 0.3) is 5.91 Å². The minimum Gasteiger partial charge on any atom is -0.478 e. The van der Waals surface area contributed by atoms with Crippen LogP contribution >= 0.6 is 11.6 Å². The summed E-state index contributed by atoms with van der Waals surface area (Å²) in [5.41, 5.74) is 0.904. The van der Waals surface area contributed by atoms with E-state index >= 15 is 0 Å². The van der Waals surface area contributed by atoms with Gasteiger partial charge in [-0.1, -0.05) is 29.3 Å². The number of rotatable bonds is 4. The van der Waals surface area contributed by atoms with Crippen LogP contribution in [0.2, 0.25) is 5.02 Å². The minimum atomic E-state index is -0.987. The molecular weight excluding hydrogens is 286 g/mol. The van der Waals surface area contributed by atoms with Crippen LogP contribution in [0.1, 0.15) is 19.4 Å². The van der Waals surface area contributed by atoms with E-state index < -0.39 is 5.60 Å². The number of carbonyl (C=O) groups excluding carboxylic acids is 1. The molecule has 21 heavy (non-hydrogen) atoms. The molecule has 0 spiro atoms. The Balaban J connectivity index is 2.05. The smallest absolute Gasteiger partial charge is 0.267 e. The van der Waals surface area contributed by atoms with Crippen molar-refractivity contribution in [2.75, 3.05) is 5.32 Å². The van der Waals surface area contributed by atoms with Crippen molar-refractivity contribution in [3.63, 3.8) is 0 Å². The van der Waals surface area contributed by atoms with Gasteiger partial charge in [0.1, 0.15) is 5.75 Å². The summed E-state index contributed by atoms with van der Waals surface area (Å²) in [4.78, 5) is 12.3. The highest BCUT2D eigenvalue weighted by Gasteiger charge is 2.30. The van der Waals surface area contributed by atoms with E-state index in [2.05, 4.69) is 5.32 Å². The molecule has 0 heterocycles. The number of anilines is 1. The molecule has 0 fully saturated rings. The van der Waals surface area contributed by atoms with Crippen LogP contribution in [0.25, 0.3) is 0 Å². The minimum absolute atomic E-state index is 0.207. The van der Waals surface area contributed by atoms with Crippen molar-refractivity contribution in [2.24, 2.45) is 0 Å². The van der Waals surface area contributed by atoms with E-state index in [1.807, 2.05) is 31.2 Å². The maximum atomic E-state index is 12.3. The van der Waals surface area contributed by atoms with Crippen molar-refractivity contribution in [3.05, 3.63) is 59.1 Å². The Kier molecular flexibility index (Phi) is 4.53. The van der Waals surface area contributed by atoms with Gasteiger partial charge in [0.2, 0.25) is 0 Å². The molecule has 0 unspecified atom stereocenters. The summed E-state index contributed by atoms with van der Waals surface area (Å²) in [5.74, 6) is 0.393. The predicted octanol–water partition coefficient (Wildman–Crippen LogP) is 4.44. The molecule has 2 rings (SSSR count).